The summed E-state index contributed by atoms with van der Waals surface area (Å²) in [6, 6.07) is 6.73. The summed E-state index contributed by atoms with van der Waals surface area (Å²) in [4.78, 5) is 40.8. The summed E-state index contributed by atoms with van der Waals surface area (Å²) in [5.41, 5.74) is -0.307. The molecule has 3 atom stereocenters. The Morgan fingerprint density at radius 2 is 1.90 bits per heavy atom. The normalized spacial score (nSPS) is 24.8. The van der Waals surface area contributed by atoms with Gasteiger partial charge >= 0.3 is 0 Å². The molecular formula is C22H29N5O4. The van der Waals surface area contributed by atoms with Gasteiger partial charge in [0.2, 0.25) is 11.8 Å². The first-order valence-electron chi connectivity index (χ1n) is 10.9. The molecule has 1 saturated heterocycles. The van der Waals surface area contributed by atoms with E-state index in [0.717, 1.165) is 36.0 Å². The van der Waals surface area contributed by atoms with Gasteiger partial charge in [0, 0.05) is 44.5 Å². The molecule has 2 aromatic rings. The number of aliphatic hydroxyl groups is 1. The highest BCUT2D eigenvalue weighted by atomic mass is 16.3. The molecule has 1 aromatic carbocycles. The van der Waals surface area contributed by atoms with Gasteiger partial charge in [-0.15, -0.1) is 0 Å². The van der Waals surface area contributed by atoms with Crippen molar-refractivity contribution >= 4 is 22.6 Å². The average Bonchev–Trinajstić information content (AvgIpc) is 2.77. The number of rotatable bonds is 4. The third kappa shape index (κ3) is 4.62. The minimum absolute atomic E-state index is 0.0466. The van der Waals surface area contributed by atoms with Crippen molar-refractivity contribution in [3.05, 3.63) is 40.8 Å². The smallest absolute Gasteiger partial charge is 0.275 e. The van der Waals surface area contributed by atoms with Crippen LogP contribution in [-0.4, -0.2) is 80.9 Å². The molecule has 4 rings (SSSR count). The van der Waals surface area contributed by atoms with Crippen LogP contribution in [-0.2, 0) is 16.1 Å². The zero-order valence-corrected chi connectivity index (χ0v) is 17.7. The van der Waals surface area contributed by atoms with E-state index in [1.807, 2.05) is 17.0 Å². The average molecular weight is 428 g/mol. The Hall–Kier alpha value is -2.78. The van der Waals surface area contributed by atoms with E-state index in [9.17, 15) is 19.5 Å². The zero-order valence-electron chi connectivity index (χ0n) is 17.7. The van der Waals surface area contributed by atoms with Crippen LogP contribution >= 0.6 is 0 Å². The monoisotopic (exact) mass is 427 g/mol. The minimum Gasteiger partial charge on any atom is -0.389 e. The van der Waals surface area contributed by atoms with E-state index in [4.69, 9.17) is 0 Å². The molecule has 0 spiro atoms. The van der Waals surface area contributed by atoms with Crippen LogP contribution in [0.4, 0.5) is 0 Å². The Balaban J connectivity index is 1.38. The summed E-state index contributed by atoms with van der Waals surface area (Å²) >= 11 is 0. The molecule has 9 nitrogen and oxygen atoms in total. The second kappa shape index (κ2) is 9.15. The van der Waals surface area contributed by atoms with Crippen molar-refractivity contribution in [3.63, 3.8) is 0 Å². The summed E-state index contributed by atoms with van der Waals surface area (Å²) in [5.74, 6) is -0.262. The summed E-state index contributed by atoms with van der Waals surface area (Å²) in [6.07, 6.45) is 3.34. The second-order valence-electron chi connectivity index (χ2n) is 8.40. The van der Waals surface area contributed by atoms with Gasteiger partial charge in [-0.05, 0) is 25.3 Å². The molecule has 2 amide bonds. The lowest BCUT2D eigenvalue weighted by Gasteiger charge is -2.45. The van der Waals surface area contributed by atoms with Gasteiger partial charge in [-0.25, -0.2) is 4.68 Å². The molecule has 9 heteroatoms. The Kier molecular flexibility index (Phi) is 6.33. The Morgan fingerprint density at radius 3 is 2.65 bits per heavy atom. The second-order valence-corrected chi connectivity index (χ2v) is 8.40. The molecule has 0 radical (unpaired) electrons. The highest BCUT2D eigenvalue weighted by molar-refractivity contribution is 5.81. The van der Waals surface area contributed by atoms with E-state index in [-0.39, 0.29) is 36.0 Å². The fraction of sp³-hybridized carbons (Fsp3) is 0.545. The molecule has 0 bridgehead atoms. The summed E-state index contributed by atoms with van der Waals surface area (Å²) in [5, 5.41) is 19.2. The first-order valence-corrected chi connectivity index (χ1v) is 10.9. The van der Waals surface area contributed by atoms with E-state index in [0.29, 0.717) is 24.9 Å². The summed E-state index contributed by atoms with van der Waals surface area (Å²) in [6.45, 7) is 4.15. The predicted molar refractivity (Wildman–Crippen MR) is 115 cm³/mol. The zero-order chi connectivity index (χ0) is 22.0. The van der Waals surface area contributed by atoms with Crippen LogP contribution in [0.3, 0.4) is 0 Å². The Morgan fingerprint density at radius 1 is 1.16 bits per heavy atom. The van der Waals surface area contributed by atoms with E-state index in [1.165, 1.54) is 0 Å². The number of carbonyl (C=O) groups is 2. The molecule has 2 aliphatic rings. The topological polar surface area (TPSA) is 108 Å². The van der Waals surface area contributed by atoms with Crippen LogP contribution in [0.5, 0.6) is 0 Å². The van der Waals surface area contributed by atoms with Crippen molar-refractivity contribution < 1.29 is 14.7 Å². The lowest BCUT2D eigenvalue weighted by atomic mass is 9.86. The molecule has 0 unspecified atom stereocenters. The number of fused-ring (bicyclic) bond motifs is 1. The third-order valence-electron chi connectivity index (χ3n) is 6.45. The Bertz CT molecular complexity index is 1010. The largest absolute Gasteiger partial charge is 0.389 e. The molecule has 1 aromatic heterocycles. The molecule has 2 heterocycles. The third-order valence-corrected chi connectivity index (χ3v) is 6.45. The van der Waals surface area contributed by atoms with E-state index >= 15 is 0 Å². The van der Waals surface area contributed by atoms with Gasteiger partial charge in [0.25, 0.3) is 5.56 Å². The van der Waals surface area contributed by atoms with Gasteiger partial charge < -0.3 is 15.3 Å². The van der Waals surface area contributed by atoms with Crippen molar-refractivity contribution in [1.29, 1.82) is 0 Å². The molecule has 2 N–H and O–H groups in total. The maximum atomic E-state index is 12.6. The van der Waals surface area contributed by atoms with Crippen LogP contribution in [0.25, 0.3) is 10.8 Å². The van der Waals surface area contributed by atoms with E-state index < -0.39 is 6.10 Å². The first kappa shape index (κ1) is 21.5. The van der Waals surface area contributed by atoms with Gasteiger partial charge in [-0.2, -0.15) is 5.10 Å². The number of nitrogens with one attached hydrogen (secondary N) is 1. The standard InChI is InChI=1S/C22H29N5O4/c1-15(28)25-9-11-26(12-10-25)19-8-4-7-18(21(19)30)24-20(29)14-27-22(31)17-6-3-2-5-16(17)13-23-27/h2-3,5-6,13,18-19,21,30H,4,7-12,14H2,1H3,(H,24,29)/t18-,19-,21-/m1/s1. The highest BCUT2D eigenvalue weighted by Gasteiger charge is 2.37. The van der Waals surface area contributed by atoms with Gasteiger partial charge in [0.15, 0.2) is 0 Å². The number of aromatic nitrogens is 2. The summed E-state index contributed by atoms with van der Waals surface area (Å²) in [7, 11) is 0. The molecule has 2 fully saturated rings. The number of aliphatic hydroxyl groups excluding tert-OH is 1. The number of nitrogens with zero attached hydrogens (tertiary/aromatic N) is 4. The van der Waals surface area contributed by atoms with Crippen molar-refractivity contribution in [2.24, 2.45) is 0 Å². The van der Waals surface area contributed by atoms with Crippen LogP contribution in [0.15, 0.2) is 35.3 Å². The molecular weight excluding hydrogens is 398 g/mol. The van der Waals surface area contributed by atoms with Crippen molar-refractivity contribution in [2.75, 3.05) is 26.2 Å². The van der Waals surface area contributed by atoms with Crippen molar-refractivity contribution in [2.45, 2.75) is 50.9 Å². The number of hydrogen-bond donors (Lipinski definition) is 2. The van der Waals surface area contributed by atoms with Crippen molar-refractivity contribution in [3.8, 4) is 0 Å². The maximum Gasteiger partial charge on any atom is 0.275 e. The number of piperazine rings is 1. The molecule has 1 aliphatic carbocycles. The number of amides is 2. The minimum atomic E-state index is -0.692. The van der Waals surface area contributed by atoms with E-state index in [1.54, 1.807) is 25.3 Å². The van der Waals surface area contributed by atoms with Gasteiger partial charge in [-0.1, -0.05) is 18.2 Å². The van der Waals surface area contributed by atoms with Crippen LogP contribution in [0.2, 0.25) is 0 Å². The van der Waals surface area contributed by atoms with Crippen LogP contribution in [0.1, 0.15) is 26.2 Å². The SMILES string of the molecule is CC(=O)N1CCN([C@@H]2CCC[C@@H](NC(=O)Cn3ncc4ccccc4c3=O)[C@H]2O)CC1. The number of hydrogen-bond acceptors (Lipinski definition) is 6. The number of carbonyl (C=O) groups excluding carboxylic acids is 2. The maximum absolute atomic E-state index is 12.6. The fourth-order valence-corrected chi connectivity index (χ4v) is 4.71. The van der Waals surface area contributed by atoms with E-state index in [2.05, 4.69) is 15.3 Å². The summed E-state index contributed by atoms with van der Waals surface area (Å²) < 4.78 is 1.16. The highest BCUT2D eigenvalue weighted by Crippen LogP contribution is 2.25. The lowest BCUT2D eigenvalue weighted by molar-refractivity contribution is -0.132. The van der Waals surface area contributed by atoms with Gasteiger partial charge in [0.05, 0.1) is 23.7 Å². The molecule has 1 saturated carbocycles. The predicted octanol–water partition coefficient (Wildman–Crippen LogP) is -0.0412. The molecule has 166 valence electrons. The lowest BCUT2D eigenvalue weighted by Crippen LogP contribution is -2.60. The fourth-order valence-electron chi connectivity index (χ4n) is 4.71. The molecule has 1 aliphatic heterocycles. The van der Waals surface area contributed by atoms with Crippen molar-refractivity contribution in [1.82, 2.24) is 24.9 Å². The Labute approximate surface area is 180 Å². The van der Waals surface area contributed by atoms with Gasteiger partial charge in [0.1, 0.15) is 6.54 Å². The number of benzene rings is 1. The molecule has 31 heavy (non-hydrogen) atoms. The van der Waals surface area contributed by atoms with Crippen LogP contribution in [0, 0.1) is 0 Å². The quantitative estimate of drug-likeness (QED) is 0.709. The van der Waals surface area contributed by atoms with Gasteiger partial charge in [-0.3, -0.25) is 19.3 Å². The first-order chi connectivity index (χ1) is 14.9. The van der Waals surface area contributed by atoms with Crippen LogP contribution < -0.4 is 10.9 Å².